The third kappa shape index (κ3) is 4.32. The number of carbonyl (C=O) groups is 1. The van der Waals surface area contributed by atoms with Gasteiger partial charge in [0.05, 0.1) is 11.3 Å². The molecule has 1 fully saturated rings. The third-order valence-electron chi connectivity index (χ3n) is 3.73. The van der Waals surface area contributed by atoms with Crippen LogP contribution in [0.2, 0.25) is 0 Å². The van der Waals surface area contributed by atoms with E-state index in [1.165, 1.54) is 0 Å². The number of hydrogen-bond donors (Lipinski definition) is 0. The summed E-state index contributed by atoms with van der Waals surface area (Å²) in [7, 11) is 0. The summed E-state index contributed by atoms with van der Waals surface area (Å²) in [5.41, 5.74) is 2.25. The Morgan fingerprint density at radius 3 is 2.35 bits per heavy atom. The Morgan fingerprint density at radius 1 is 1.30 bits per heavy atom. The summed E-state index contributed by atoms with van der Waals surface area (Å²) >= 11 is 1.56. The number of thiazole rings is 1. The number of hydrogen-bond acceptors (Lipinski definition) is 5. The molecule has 0 radical (unpaired) electrons. The van der Waals surface area contributed by atoms with Crippen molar-refractivity contribution in [1.82, 2.24) is 9.88 Å². The van der Waals surface area contributed by atoms with Crippen LogP contribution in [0.1, 0.15) is 49.2 Å². The van der Waals surface area contributed by atoms with Crippen molar-refractivity contribution in [1.29, 1.82) is 5.26 Å². The van der Waals surface area contributed by atoms with Gasteiger partial charge in [-0.05, 0) is 53.0 Å². The zero-order valence-electron chi connectivity index (χ0n) is 14.4. The van der Waals surface area contributed by atoms with Crippen LogP contribution in [0.15, 0.2) is 5.57 Å². The van der Waals surface area contributed by atoms with Gasteiger partial charge < -0.3 is 9.64 Å². The molecule has 0 aromatic carbocycles. The molecule has 124 valence electrons. The van der Waals surface area contributed by atoms with Gasteiger partial charge in [-0.15, -0.1) is 11.3 Å². The summed E-state index contributed by atoms with van der Waals surface area (Å²) in [6.07, 6.45) is 1.11. The number of nitrogens with zero attached hydrogens (tertiary/aromatic N) is 3. The summed E-state index contributed by atoms with van der Waals surface area (Å²) in [5.74, 6) is 0. The Kier molecular flexibility index (Phi) is 5.10. The van der Waals surface area contributed by atoms with Crippen molar-refractivity contribution in [3.63, 3.8) is 0 Å². The molecule has 1 aliphatic heterocycles. The normalized spacial score (nSPS) is 15.3. The fourth-order valence-corrected chi connectivity index (χ4v) is 3.35. The predicted octanol–water partition coefficient (Wildman–Crippen LogP) is 4.07. The molecule has 6 heteroatoms. The number of likely N-dealkylation sites (tertiary alicyclic amines) is 1. The lowest BCUT2D eigenvalue weighted by Gasteiger charge is -2.31. The number of aryl methyl sites for hydroxylation is 2. The highest BCUT2D eigenvalue weighted by atomic mass is 32.1. The van der Waals surface area contributed by atoms with Crippen LogP contribution in [0.25, 0.3) is 5.57 Å². The lowest BCUT2D eigenvalue weighted by molar-refractivity contribution is 0.0236. The molecule has 0 N–H and O–H groups in total. The van der Waals surface area contributed by atoms with Gasteiger partial charge in [-0.1, -0.05) is 0 Å². The molecule has 23 heavy (non-hydrogen) atoms. The number of carbonyl (C=O) groups excluding carboxylic acids is 1. The number of ether oxygens (including phenoxy) is 1. The first-order valence-corrected chi connectivity index (χ1v) is 8.57. The van der Waals surface area contributed by atoms with Gasteiger partial charge in [0, 0.05) is 18.0 Å². The number of amides is 1. The van der Waals surface area contributed by atoms with Crippen molar-refractivity contribution in [2.45, 2.75) is 53.1 Å². The first-order valence-electron chi connectivity index (χ1n) is 7.75. The lowest BCUT2D eigenvalue weighted by atomic mass is 9.99. The van der Waals surface area contributed by atoms with Crippen LogP contribution >= 0.6 is 11.3 Å². The first kappa shape index (κ1) is 17.5. The lowest BCUT2D eigenvalue weighted by Crippen LogP contribution is -2.40. The first-order chi connectivity index (χ1) is 10.7. The van der Waals surface area contributed by atoms with Gasteiger partial charge in [-0.2, -0.15) is 5.26 Å². The number of allylic oxidation sites excluding steroid dienone is 1. The van der Waals surface area contributed by atoms with Crippen molar-refractivity contribution >= 4 is 23.0 Å². The maximum absolute atomic E-state index is 12.1. The van der Waals surface area contributed by atoms with E-state index in [0.717, 1.165) is 21.2 Å². The zero-order valence-corrected chi connectivity index (χ0v) is 15.2. The highest BCUT2D eigenvalue weighted by molar-refractivity contribution is 7.12. The summed E-state index contributed by atoms with van der Waals surface area (Å²) < 4.78 is 5.40. The molecule has 2 heterocycles. The predicted molar refractivity (Wildman–Crippen MR) is 91.2 cm³/mol. The van der Waals surface area contributed by atoms with E-state index in [2.05, 4.69) is 11.1 Å². The Hall–Kier alpha value is -1.87. The molecule has 0 saturated carbocycles. The topological polar surface area (TPSA) is 66.2 Å². The molecule has 0 bridgehead atoms. The number of nitriles is 1. The van der Waals surface area contributed by atoms with E-state index < -0.39 is 5.60 Å². The molecule has 0 aliphatic carbocycles. The third-order valence-corrected chi connectivity index (χ3v) is 4.82. The summed E-state index contributed by atoms with van der Waals surface area (Å²) in [5, 5.41) is 10.3. The number of piperidine rings is 1. The molecule has 0 spiro atoms. The van der Waals surface area contributed by atoms with E-state index in [4.69, 9.17) is 4.74 Å². The van der Waals surface area contributed by atoms with Crippen LogP contribution in [-0.2, 0) is 4.74 Å². The van der Waals surface area contributed by atoms with Crippen molar-refractivity contribution in [3.8, 4) is 6.07 Å². The minimum atomic E-state index is -0.485. The molecule has 1 saturated heterocycles. The molecule has 2 rings (SSSR count). The fourth-order valence-electron chi connectivity index (χ4n) is 2.39. The molecular formula is C17H23N3O2S. The minimum Gasteiger partial charge on any atom is -0.444 e. The summed E-state index contributed by atoms with van der Waals surface area (Å²) in [4.78, 5) is 19.4. The van der Waals surface area contributed by atoms with Gasteiger partial charge in [0.25, 0.3) is 0 Å². The molecule has 1 amide bonds. The Labute approximate surface area is 141 Å². The second-order valence-electron chi connectivity index (χ2n) is 6.72. The molecule has 0 atom stereocenters. The second-order valence-corrected chi connectivity index (χ2v) is 7.92. The van der Waals surface area contributed by atoms with Gasteiger partial charge in [-0.25, -0.2) is 9.78 Å². The average Bonchev–Trinajstić information content (AvgIpc) is 2.78. The van der Waals surface area contributed by atoms with Crippen LogP contribution in [0.4, 0.5) is 4.79 Å². The summed E-state index contributed by atoms with van der Waals surface area (Å²) in [6.45, 7) is 10.7. The van der Waals surface area contributed by atoms with Gasteiger partial charge >= 0.3 is 6.09 Å². The molecule has 1 aromatic rings. The average molecular weight is 333 g/mol. The maximum Gasteiger partial charge on any atom is 0.410 e. The highest BCUT2D eigenvalue weighted by Crippen LogP contribution is 2.30. The SMILES string of the molecule is Cc1nc(C(C#N)=C2CCN(C(=O)OC(C)(C)C)CC2)sc1C. The van der Waals surface area contributed by atoms with E-state index in [-0.39, 0.29) is 6.09 Å². The van der Waals surface area contributed by atoms with Gasteiger partial charge in [0.15, 0.2) is 0 Å². The van der Waals surface area contributed by atoms with Crippen LogP contribution in [-0.4, -0.2) is 34.7 Å². The standard InChI is InChI=1S/C17H23N3O2S/c1-11-12(2)23-15(19-11)14(10-18)13-6-8-20(9-7-13)16(21)22-17(3,4)5/h6-9H2,1-5H3. The van der Waals surface area contributed by atoms with E-state index in [1.807, 2.05) is 34.6 Å². The van der Waals surface area contributed by atoms with Crippen molar-refractivity contribution in [3.05, 3.63) is 21.2 Å². The van der Waals surface area contributed by atoms with E-state index in [1.54, 1.807) is 16.2 Å². The highest BCUT2D eigenvalue weighted by Gasteiger charge is 2.26. The smallest absolute Gasteiger partial charge is 0.410 e. The van der Waals surface area contributed by atoms with Crippen LogP contribution < -0.4 is 0 Å². The quantitative estimate of drug-likeness (QED) is 0.727. The van der Waals surface area contributed by atoms with Crippen LogP contribution in [0.5, 0.6) is 0 Å². The van der Waals surface area contributed by atoms with Crippen molar-refractivity contribution in [2.24, 2.45) is 0 Å². The Morgan fingerprint density at radius 2 is 1.91 bits per heavy atom. The van der Waals surface area contributed by atoms with E-state index in [9.17, 15) is 10.1 Å². The zero-order chi connectivity index (χ0) is 17.2. The number of rotatable bonds is 1. The van der Waals surface area contributed by atoms with Crippen molar-refractivity contribution < 1.29 is 9.53 Å². The van der Waals surface area contributed by atoms with Gasteiger partial charge in [0.2, 0.25) is 0 Å². The van der Waals surface area contributed by atoms with Crippen molar-refractivity contribution in [2.75, 3.05) is 13.1 Å². The summed E-state index contributed by atoms with van der Waals surface area (Å²) in [6, 6.07) is 2.30. The molecule has 1 aliphatic rings. The molecule has 1 aromatic heterocycles. The minimum absolute atomic E-state index is 0.281. The Balaban J connectivity index is 2.10. The second kappa shape index (κ2) is 6.71. The molecule has 0 unspecified atom stereocenters. The van der Waals surface area contributed by atoms with E-state index in [0.29, 0.717) is 31.5 Å². The van der Waals surface area contributed by atoms with Crippen LogP contribution in [0.3, 0.4) is 0 Å². The molecular weight excluding hydrogens is 310 g/mol. The van der Waals surface area contributed by atoms with Gasteiger partial charge in [0.1, 0.15) is 16.7 Å². The van der Waals surface area contributed by atoms with Gasteiger partial charge in [-0.3, -0.25) is 0 Å². The largest absolute Gasteiger partial charge is 0.444 e. The fraction of sp³-hybridized carbons (Fsp3) is 0.588. The molecule has 5 nitrogen and oxygen atoms in total. The van der Waals surface area contributed by atoms with Crippen LogP contribution in [0, 0.1) is 25.2 Å². The Bertz CT molecular complexity index is 647. The van der Waals surface area contributed by atoms with E-state index >= 15 is 0 Å². The monoisotopic (exact) mass is 333 g/mol. The number of aromatic nitrogens is 1. The maximum atomic E-state index is 12.1.